The molecule has 1 heterocycles. The van der Waals surface area contributed by atoms with Crippen LogP contribution in [0.1, 0.15) is 5.82 Å². The molecule has 2 rings (SSSR count). The molecule has 1 aromatic heterocycles. The summed E-state index contributed by atoms with van der Waals surface area (Å²) in [4.78, 5) is 0. The Kier molecular flexibility index (Phi) is 4.50. The van der Waals surface area contributed by atoms with Crippen LogP contribution < -0.4 is 0 Å². The number of hydrogen-bond acceptors (Lipinski definition) is 4. The topological polar surface area (TPSA) is 50.9 Å². The average Bonchev–Trinajstić information content (AvgIpc) is 2.71. The van der Waals surface area contributed by atoms with Crippen molar-refractivity contribution in [3.8, 4) is 5.69 Å². The first-order chi connectivity index (χ1) is 8.63. The first kappa shape index (κ1) is 13.7. The molecule has 7 heteroatoms. The molecule has 0 saturated heterocycles. The van der Waals surface area contributed by atoms with E-state index in [-0.39, 0.29) is 6.61 Å². The second-order valence-electron chi connectivity index (χ2n) is 3.53. The van der Waals surface area contributed by atoms with Crippen LogP contribution in [0.15, 0.2) is 23.4 Å². The Hall–Kier alpha value is -0.750. The Morgan fingerprint density at radius 1 is 1.33 bits per heavy atom. The zero-order valence-electron chi connectivity index (χ0n) is 9.60. The van der Waals surface area contributed by atoms with Gasteiger partial charge in [0.15, 0.2) is 5.16 Å². The highest BCUT2D eigenvalue weighted by molar-refractivity contribution is 7.99. The first-order valence-electron chi connectivity index (χ1n) is 5.24. The molecule has 0 amide bonds. The van der Waals surface area contributed by atoms with Crippen LogP contribution in [0.3, 0.4) is 0 Å². The van der Waals surface area contributed by atoms with Gasteiger partial charge in [0, 0.05) is 10.8 Å². The maximum atomic E-state index is 8.87. The molecule has 0 radical (unpaired) electrons. The number of benzene rings is 1. The third-order valence-corrected chi connectivity index (χ3v) is 3.73. The van der Waals surface area contributed by atoms with Crippen molar-refractivity contribution in [3.63, 3.8) is 0 Å². The van der Waals surface area contributed by atoms with E-state index in [1.807, 2.05) is 11.5 Å². The van der Waals surface area contributed by atoms with E-state index in [0.29, 0.717) is 21.0 Å². The van der Waals surface area contributed by atoms with E-state index in [0.717, 1.165) is 11.5 Å². The van der Waals surface area contributed by atoms with E-state index in [9.17, 15) is 0 Å². The molecule has 1 aromatic carbocycles. The normalized spacial score (nSPS) is 10.9. The molecule has 0 aliphatic carbocycles. The predicted octanol–water partition coefficient (Wildman–Crippen LogP) is 2.97. The average molecular weight is 304 g/mol. The molecule has 96 valence electrons. The molecular weight excluding hydrogens is 293 g/mol. The van der Waals surface area contributed by atoms with Crippen molar-refractivity contribution in [1.29, 1.82) is 0 Å². The van der Waals surface area contributed by atoms with E-state index < -0.39 is 0 Å². The van der Waals surface area contributed by atoms with Crippen LogP contribution in [0.2, 0.25) is 10.0 Å². The fourth-order valence-electron chi connectivity index (χ4n) is 1.51. The number of halogens is 2. The largest absolute Gasteiger partial charge is 0.396 e. The molecule has 2 aromatic rings. The summed E-state index contributed by atoms with van der Waals surface area (Å²) in [7, 11) is 0. The molecule has 0 fully saturated rings. The third kappa shape index (κ3) is 2.80. The highest BCUT2D eigenvalue weighted by atomic mass is 35.5. The van der Waals surface area contributed by atoms with E-state index >= 15 is 0 Å². The van der Waals surface area contributed by atoms with Crippen molar-refractivity contribution in [2.75, 3.05) is 12.4 Å². The second-order valence-corrected chi connectivity index (χ2v) is 5.44. The monoisotopic (exact) mass is 303 g/mol. The van der Waals surface area contributed by atoms with Crippen molar-refractivity contribution in [3.05, 3.63) is 34.1 Å². The smallest absolute Gasteiger partial charge is 0.195 e. The molecule has 0 bridgehead atoms. The zero-order chi connectivity index (χ0) is 13.1. The van der Waals surface area contributed by atoms with Gasteiger partial charge in [-0.05, 0) is 25.1 Å². The second kappa shape index (κ2) is 5.93. The van der Waals surface area contributed by atoms with Crippen molar-refractivity contribution in [2.45, 2.75) is 12.1 Å². The minimum Gasteiger partial charge on any atom is -0.396 e. The summed E-state index contributed by atoms with van der Waals surface area (Å²) >= 11 is 13.6. The number of aryl methyl sites for hydroxylation is 1. The molecule has 0 atom stereocenters. The van der Waals surface area contributed by atoms with Gasteiger partial charge >= 0.3 is 0 Å². The van der Waals surface area contributed by atoms with E-state index in [1.165, 1.54) is 11.8 Å². The van der Waals surface area contributed by atoms with E-state index in [4.69, 9.17) is 28.3 Å². The lowest BCUT2D eigenvalue weighted by Crippen LogP contribution is -2.01. The first-order valence-corrected chi connectivity index (χ1v) is 6.98. The number of thioether (sulfide) groups is 1. The number of aliphatic hydroxyl groups excluding tert-OH is 1. The summed E-state index contributed by atoms with van der Waals surface area (Å²) in [5.74, 6) is 1.27. The number of nitrogens with zero attached hydrogens (tertiary/aromatic N) is 3. The zero-order valence-corrected chi connectivity index (χ0v) is 11.9. The van der Waals surface area contributed by atoms with Gasteiger partial charge in [0.25, 0.3) is 0 Å². The molecule has 0 spiro atoms. The van der Waals surface area contributed by atoms with E-state index in [2.05, 4.69) is 10.2 Å². The van der Waals surface area contributed by atoms with Crippen LogP contribution >= 0.6 is 35.0 Å². The van der Waals surface area contributed by atoms with E-state index in [1.54, 1.807) is 18.2 Å². The minimum atomic E-state index is 0.0832. The van der Waals surface area contributed by atoms with Crippen molar-refractivity contribution < 1.29 is 5.11 Å². The molecule has 4 nitrogen and oxygen atoms in total. The van der Waals surface area contributed by atoms with Crippen LogP contribution in [-0.2, 0) is 0 Å². The quantitative estimate of drug-likeness (QED) is 0.882. The van der Waals surface area contributed by atoms with Crippen molar-refractivity contribution >= 4 is 35.0 Å². The number of hydrogen-bond donors (Lipinski definition) is 1. The number of aliphatic hydroxyl groups is 1. The van der Waals surface area contributed by atoms with Gasteiger partial charge in [-0.3, -0.25) is 4.57 Å². The van der Waals surface area contributed by atoms with Crippen molar-refractivity contribution in [2.24, 2.45) is 0 Å². The van der Waals surface area contributed by atoms with Crippen molar-refractivity contribution in [1.82, 2.24) is 14.8 Å². The lowest BCUT2D eigenvalue weighted by molar-refractivity contribution is 0.322. The maximum Gasteiger partial charge on any atom is 0.195 e. The molecule has 0 aliphatic heterocycles. The standard InChI is InChI=1S/C11H11Cl2N3OS/c1-7-14-15-11(18-5-4-17)16(7)10-6-8(12)2-3-9(10)13/h2-3,6,17H,4-5H2,1H3. The number of rotatable bonds is 4. The van der Waals surface area contributed by atoms with Gasteiger partial charge in [-0.15, -0.1) is 10.2 Å². The summed E-state index contributed by atoms with van der Waals surface area (Å²) in [6.45, 7) is 1.92. The number of aromatic nitrogens is 3. The summed E-state index contributed by atoms with van der Waals surface area (Å²) in [6.07, 6.45) is 0. The maximum absolute atomic E-state index is 8.87. The molecule has 1 N–H and O–H groups in total. The van der Waals surface area contributed by atoms with Gasteiger partial charge in [-0.1, -0.05) is 35.0 Å². The third-order valence-electron chi connectivity index (χ3n) is 2.27. The highest BCUT2D eigenvalue weighted by Crippen LogP contribution is 2.29. The Bertz CT molecular complexity index is 559. The van der Waals surface area contributed by atoms with Crippen LogP contribution in [0, 0.1) is 6.92 Å². The summed E-state index contributed by atoms with van der Waals surface area (Å²) in [6, 6.07) is 5.23. The summed E-state index contributed by atoms with van der Waals surface area (Å²) in [5, 5.41) is 18.8. The Balaban J connectivity index is 2.48. The highest BCUT2D eigenvalue weighted by Gasteiger charge is 2.14. The van der Waals surface area contributed by atoms with Crippen LogP contribution in [0.4, 0.5) is 0 Å². The Labute approximate surface area is 119 Å². The van der Waals surface area contributed by atoms with Crippen LogP contribution in [0.5, 0.6) is 0 Å². The SMILES string of the molecule is Cc1nnc(SCCO)n1-c1cc(Cl)ccc1Cl. The molecule has 18 heavy (non-hydrogen) atoms. The summed E-state index contributed by atoms with van der Waals surface area (Å²) in [5.41, 5.74) is 0.743. The van der Waals surface area contributed by atoms with Gasteiger partial charge in [0.1, 0.15) is 5.82 Å². The van der Waals surface area contributed by atoms with Gasteiger partial charge in [-0.25, -0.2) is 0 Å². The molecule has 0 unspecified atom stereocenters. The van der Waals surface area contributed by atoms with Gasteiger partial charge in [0.05, 0.1) is 17.3 Å². The Morgan fingerprint density at radius 3 is 2.83 bits per heavy atom. The molecule has 0 aliphatic rings. The van der Waals surface area contributed by atoms with Crippen LogP contribution in [-0.4, -0.2) is 32.2 Å². The lowest BCUT2D eigenvalue weighted by Gasteiger charge is -2.10. The van der Waals surface area contributed by atoms with Gasteiger partial charge < -0.3 is 5.11 Å². The predicted molar refractivity (Wildman–Crippen MR) is 73.9 cm³/mol. The Morgan fingerprint density at radius 2 is 2.11 bits per heavy atom. The van der Waals surface area contributed by atoms with Gasteiger partial charge in [-0.2, -0.15) is 0 Å². The lowest BCUT2D eigenvalue weighted by atomic mass is 10.3. The van der Waals surface area contributed by atoms with Gasteiger partial charge in [0.2, 0.25) is 0 Å². The molecular formula is C11H11Cl2N3OS. The fourth-order valence-corrected chi connectivity index (χ4v) is 2.61. The summed E-state index contributed by atoms with van der Waals surface area (Å²) < 4.78 is 1.83. The minimum absolute atomic E-state index is 0.0832. The fraction of sp³-hybridized carbons (Fsp3) is 0.273. The molecule has 0 saturated carbocycles. The van der Waals surface area contributed by atoms with Crippen LogP contribution in [0.25, 0.3) is 5.69 Å².